The molecule has 9 nitrogen and oxygen atoms in total. The summed E-state index contributed by atoms with van der Waals surface area (Å²) in [6, 6.07) is 0. The van der Waals surface area contributed by atoms with Crippen molar-refractivity contribution in [2.75, 3.05) is 46.2 Å². The van der Waals surface area contributed by atoms with E-state index in [-0.39, 0.29) is 19.3 Å². The summed E-state index contributed by atoms with van der Waals surface area (Å²) >= 11 is 0. The lowest BCUT2D eigenvalue weighted by Crippen LogP contribution is -2.45. The lowest BCUT2D eigenvalue weighted by atomic mass is 10.1. The molecule has 0 N–H and O–H groups in total. The second-order valence-electron chi connectivity index (χ2n) is 6.76. The molecular weight excluding hydrogens is 345 g/mol. The van der Waals surface area contributed by atoms with Crippen LogP contribution in [-0.2, 0) is 41.9 Å². The van der Waals surface area contributed by atoms with Crippen LogP contribution in [0.3, 0.4) is 0 Å². The molecule has 3 aliphatic heterocycles. The van der Waals surface area contributed by atoms with Gasteiger partial charge in [-0.3, -0.25) is 0 Å². The zero-order chi connectivity index (χ0) is 18.2. The minimum absolute atomic E-state index is 0.0971. The predicted molar refractivity (Wildman–Crippen MR) is 92.7 cm³/mol. The van der Waals surface area contributed by atoms with E-state index in [4.69, 9.17) is 41.9 Å². The Kier molecular flexibility index (Phi) is 8.69. The van der Waals surface area contributed by atoms with E-state index in [0.717, 1.165) is 12.8 Å². The Hall–Kier alpha value is -0.165. The van der Waals surface area contributed by atoms with Gasteiger partial charge < -0.3 is 41.9 Å². The second-order valence-corrected chi connectivity index (χ2v) is 6.76. The molecule has 0 aromatic carbocycles. The highest BCUT2D eigenvalue weighted by Crippen LogP contribution is 2.14. The number of hydrogen-bond acceptors (Lipinski definition) is 9. The van der Waals surface area contributed by atoms with Gasteiger partial charge in [-0.1, -0.05) is 6.92 Å². The maximum Gasteiger partial charge on any atom is 0.639 e. The van der Waals surface area contributed by atoms with Crippen molar-refractivity contribution in [1.29, 1.82) is 0 Å². The van der Waals surface area contributed by atoms with Crippen molar-refractivity contribution in [2.45, 2.75) is 38.9 Å². The van der Waals surface area contributed by atoms with E-state index >= 15 is 0 Å². The number of hydrogen-bond donors (Lipinski definition) is 0. The first kappa shape index (κ1) is 20.6. The summed E-state index contributed by atoms with van der Waals surface area (Å²) in [5.41, 5.74) is 0. The fourth-order valence-electron chi connectivity index (χ4n) is 2.59. The van der Waals surface area contributed by atoms with Crippen molar-refractivity contribution in [1.82, 2.24) is 0 Å². The van der Waals surface area contributed by atoms with Gasteiger partial charge in [-0.15, -0.1) is 0 Å². The van der Waals surface area contributed by atoms with Crippen LogP contribution in [0.1, 0.15) is 26.7 Å². The summed E-state index contributed by atoms with van der Waals surface area (Å²) in [5, 5.41) is 0. The molecule has 0 aliphatic carbocycles. The van der Waals surface area contributed by atoms with Crippen LogP contribution in [-0.4, -0.2) is 80.4 Å². The highest BCUT2D eigenvalue weighted by Gasteiger charge is 2.35. The van der Waals surface area contributed by atoms with Gasteiger partial charge in [0.1, 0.15) is 0 Å². The maximum absolute atomic E-state index is 5.83. The lowest BCUT2D eigenvalue weighted by molar-refractivity contribution is -0.0484. The van der Waals surface area contributed by atoms with Gasteiger partial charge in [0, 0.05) is 39.1 Å². The van der Waals surface area contributed by atoms with Crippen molar-refractivity contribution >= 4 is 22.0 Å². The van der Waals surface area contributed by atoms with Gasteiger partial charge >= 0.3 is 22.0 Å². The normalized spacial score (nSPS) is 27.0. The zero-order valence-corrected chi connectivity index (χ0v) is 15.5. The van der Waals surface area contributed by atoms with Crippen LogP contribution in [0.15, 0.2) is 0 Å². The zero-order valence-electron chi connectivity index (χ0n) is 15.5. The van der Waals surface area contributed by atoms with E-state index in [2.05, 4.69) is 6.92 Å². The highest BCUT2D eigenvalue weighted by atomic mass is 16.8. The van der Waals surface area contributed by atoms with Gasteiger partial charge in [0.15, 0.2) is 0 Å². The van der Waals surface area contributed by atoms with Gasteiger partial charge in [0.25, 0.3) is 0 Å². The van der Waals surface area contributed by atoms with E-state index in [1.165, 1.54) is 0 Å². The second kappa shape index (κ2) is 11.0. The summed E-state index contributed by atoms with van der Waals surface area (Å²) in [6.07, 6.45) is 1.35. The van der Waals surface area contributed by atoms with E-state index in [1.807, 2.05) is 6.92 Å². The molecule has 3 rings (SSSR count). The SMILES string of the molecule is CC1COB(OC(COB2OCCCO2)COB2OCCC(C)O2)OC1. The quantitative estimate of drug-likeness (QED) is 0.559. The molecule has 0 aromatic rings. The summed E-state index contributed by atoms with van der Waals surface area (Å²) in [4.78, 5) is 0. The molecule has 0 saturated carbocycles. The molecule has 0 spiro atoms. The Morgan fingerprint density at radius 3 is 2.19 bits per heavy atom. The average molecular weight is 372 g/mol. The third kappa shape index (κ3) is 7.10. The molecule has 0 aromatic heterocycles. The molecule has 0 radical (unpaired) electrons. The molecule has 2 unspecified atom stereocenters. The highest BCUT2D eigenvalue weighted by molar-refractivity contribution is 6.37. The minimum atomic E-state index is -0.747. The van der Waals surface area contributed by atoms with Gasteiger partial charge in [-0.05, 0) is 25.7 Å². The van der Waals surface area contributed by atoms with Crippen molar-refractivity contribution in [3.8, 4) is 0 Å². The first-order chi connectivity index (χ1) is 12.7. The lowest BCUT2D eigenvalue weighted by Gasteiger charge is -2.29. The Bertz CT molecular complexity index is 394. The van der Waals surface area contributed by atoms with E-state index in [0.29, 0.717) is 39.0 Å². The van der Waals surface area contributed by atoms with Crippen LogP contribution in [0, 0.1) is 5.92 Å². The third-order valence-corrected chi connectivity index (χ3v) is 4.09. The molecule has 3 saturated heterocycles. The molecule has 0 bridgehead atoms. The monoisotopic (exact) mass is 372 g/mol. The van der Waals surface area contributed by atoms with Crippen LogP contribution in [0.4, 0.5) is 0 Å². The smallest absolute Gasteiger partial charge is 0.386 e. The number of rotatable bonds is 8. The van der Waals surface area contributed by atoms with Gasteiger partial charge in [-0.25, -0.2) is 0 Å². The minimum Gasteiger partial charge on any atom is -0.386 e. The third-order valence-electron chi connectivity index (χ3n) is 4.09. The van der Waals surface area contributed by atoms with Crippen molar-refractivity contribution in [3.63, 3.8) is 0 Å². The summed E-state index contributed by atoms with van der Waals surface area (Å²) < 4.78 is 50.0. The standard InChI is InChI=1S/C14H27B3O9/c1-12-8-21-17(22-9-12)26-14(10-23-15-18-5-3-6-19-15)11-24-16-20-7-4-13(2)25-16/h12-14H,3-11H2,1-2H3. The summed E-state index contributed by atoms with van der Waals surface area (Å²) in [7, 11) is -2.14. The Labute approximate surface area is 155 Å². The van der Waals surface area contributed by atoms with Crippen molar-refractivity contribution < 1.29 is 41.9 Å². The molecule has 3 fully saturated rings. The maximum atomic E-state index is 5.83. The summed E-state index contributed by atoms with van der Waals surface area (Å²) in [5.74, 6) is 0.343. The molecule has 26 heavy (non-hydrogen) atoms. The fraction of sp³-hybridized carbons (Fsp3) is 1.00. The van der Waals surface area contributed by atoms with Crippen molar-refractivity contribution in [3.05, 3.63) is 0 Å². The fourth-order valence-corrected chi connectivity index (χ4v) is 2.59. The summed E-state index contributed by atoms with van der Waals surface area (Å²) in [6.45, 7) is 7.43. The molecule has 3 heterocycles. The van der Waals surface area contributed by atoms with Gasteiger partial charge in [0.2, 0.25) is 0 Å². The molecule has 0 amide bonds. The van der Waals surface area contributed by atoms with Gasteiger partial charge in [-0.2, -0.15) is 0 Å². The Morgan fingerprint density at radius 2 is 1.50 bits per heavy atom. The van der Waals surface area contributed by atoms with E-state index in [1.54, 1.807) is 0 Å². The predicted octanol–water partition coefficient (Wildman–Crippen LogP) is 0.305. The van der Waals surface area contributed by atoms with Crippen LogP contribution < -0.4 is 0 Å². The van der Waals surface area contributed by atoms with Gasteiger partial charge in [0.05, 0.1) is 19.3 Å². The molecule has 3 aliphatic rings. The van der Waals surface area contributed by atoms with Crippen LogP contribution in [0.25, 0.3) is 0 Å². The first-order valence-corrected chi connectivity index (χ1v) is 9.31. The van der Waals surface area contributed by atoms with Crippen LogP contribution >= 0.6 is 0 Å². The molecule has 12 heteroatoms. The Morgan fingerprint density at radius 1 is 0.846 bits per heavy atom. The topological polar surface area (TPSA) is 83.1 Å². The van der Waals surface area contributed by atoms with Crippen molar-refractivity contribution in [2.24, 2.45) is 5.92 Å². The van der Waals surface area contributed by atoms with E-state index in [9.17, 15) is 0 Å². The molecule has 2 atom stereocenters. The van der Waals surface area contributed by atoms with Crippen LogP contribution in [0.5, 0.6) is 0 Å². The largest absolute Gasteiger partial charge is 0.639 e. The molecule has 146 valence electrons. The molecular formula is C14H27B3O9. The Balaban J connectivity index is 1.44. The average Bonchev–Trinajstić information content (AvgIpc) is 2.66. The van der Waals surface area contributed by atoms with E-state index < -0.39 is 28.1 Å². The first-order valence-electron chi connectivity index (χ1n) is 9.31. The van der Waals surface area contributed by atoms with Crippen LogP contribution in [0.2, 0.25) is 0 Å².